The molecule has 1 unspecified atom stereocenters. The van der Waals surface area contributed by atoms with Gasteiger partial charge in [0.1, 0.15) is 5.82 Å². The van der Waals surface area contributed by atoms with Crippen LogP contribution >= 0.6 is 0 Å². The predicted molar refractivity (Wildman–Crippen MR) is 77.4 cm³/mol. The normalized spacial score (nSPS) is 12.6. The monoisotopic (exact) mass is 258 g/mol. The number of aryl methyl sites for hydroxylation is 3. The first kappa shape index (κ1) is 13.8. The first-order valence-corrected chi connectivity index (χ1v) is 6.76. The number of hydrogen-bond donors (Lipinski definition) is 2. The van der Waals surface area contributed by atoms with E-state index in [0.29, 0.717) is 0 Å². The zero-order valence-electron chi connectivity index (χ0n) is 11.6. The molecule has 0 spiro atoms. The molecule has 3 N–H and O–H groups in total. The lowest BCUT2D eigenvalue weighted by atomic mass is 9.96. The van der Waals surface area contributed by atoms with Gasteiger partial charge in [-0.3, -0.25) is 11.3 Å². The van der Waals surface area contributed by atoms with Gasteiger partial charge in [0.2, 0.25) is 0 Å². The Balaban J connectivity index is 2.10. The van der Waals surface area contributed by atoms with Gasteiger partial charge in [0.25, 0.3) is 0 Å². The minimum absolute atomic E-state index is 0.174. The topological polar surface area (TPSA) is 55.9 Å². The fourth-order valence-corrected chi connectivity index (χ4v) is 2.44. The number of nitrogens with zero attached hydrogens (tertiary/aromatic N) is 2. The zero-order chi connectivity index (χ0) is 13.7. The highest BCUT2D eigenvalue weighted by Crippen LogP contribution is 2.22. The molecule has 1 aromatic carbocycles. The fourth-order valence-electron chi connectivity index (χ4n) is 2.44. The van der Waals surface area contributed by atoms with Gasteiger partial charge < -0.3 is 4.57 Å². The molecule has 1 heterocycles. The van der Waals surface area contributed by atoms with E-state index in [4.69, 9.17) is 5.84 Å². The van der Waals surface area contributed by atoms with Crippen LogP contribution in [0.3, 0.4) is 0 Å². The van der Waals surface area contributed by atoms with E-state index in [2.05, 4.69) is 46.2 Å². The number of aromatic nitrogens is 2. The van der Waals surface area contributed by atoms with Crippen LogP contribution in [0.1, 0.15) is 36.3 Å². The Morgan fingerprint density at radius 3 is 2.79 bits per heavy atom. The van der Waals surface area contributed by atoms with E-state index in [1.165, 1.54) is 11.1 Å². The second-order valence-electron chi connectivity index (χ2n) is 4.76. The molecule has 4 heteroatoms. The molecule has 1 aromatic heterocycles. The third-order valence-electron chi connectivity index (χ3n) is 3.59. The highest BCUT2D eigenvalue weighted by atomic mass is 15.2. The van der Waals surface area contributed by atoms with Gasteiger partial charge in [-0.2, -0.15) is 0 Å². The van der Waals surface area contributed by atoms with Crippen molar-refractivity contribution in [3.8, 4) is 0 Å². The van der Waals surface area contributed by atoms with Crippen LogP contribution in [0.15, 0.2) is 36.7 Å². The first-order chi connectivity index (χ1) is 9.26. The average Bonchev–Trinajstić information content (AvgIpc) is 2.85. The van der Waals surface area contributed by atoms with E-state index < -0.39 is 0 Å². The molecule has 0 aliphatic heterocycles. The zero-order valence-corrected chi connectivity index (χ0v) is 11.6. The Kier molecular flexibility index (Phi) is 4.71. The van der Waals surface area contributed by atoms with E-state index >= 15 is 0 Å². The molecule has 4 nitrogen and oxygen atoms in total. The second-order valence-corrected chi connectivity index (χ2v) is 4.76. The highest BCUT2D eigenvalue weighted by Gasteiger charge is 2.13. The lowest BCUT2D eigenvalue weighted by molar-refractivity contribution is 0.503. The van der Waals surface area contributed by atoms with Gasteiger partial charge in [0, 0.05) is 31.9 Å². The average molecular weight is 258 g/mol. The number of rotatable bonds is 6. The van der Waals surface area contributed by atoms with Crippen molar-refractivity contribution in [3.05, 3.63) is 53.6 Å². The van der Waals surface area contributed by atoms with E-state index in [1.54, 1.807) is 0 Å². The third kappa shape index (κ3) is 3.22. The maximum absolute atomic E-state index is 5.73. The van der Waals surface area contributed by atoms with E-state index in [-0.39, 0.29) is 6.04 Å². The standard InChI is InChI=1S/C15H22N4/c1-3-12-6-4-5-7-13(12)14(18-16)8-9-15-17-10-11-19(15)2/h4-7,10-11,14,18H,3,8-9,16H2,1-2H3. The molecule has 0 saturated carbocycles. The summed E-state index contributed by atoms with van der Waals surface area (Å²) in [5.41, 5.74) is 5.58. The van der Waals surface area contributed by atoms with Crippen molar-refractivity contribution in [2.24, 2.45) is 12.9 Å². The molecule has 0 saturated heterocycles. The van der Waals surface area contributed by atoms with Crippen LogP contribution in [0.5, 0.6) is 0 Å². The van der Waals surface area contributed by atoms with Crippen molar-refractivity contribution in [3.63, 3.8) is 0 Å². The summed E-state index contributed by atoms with van der Waals surface area (Å²) in [6, 6.07) is 8.64. The minimum atomic E-state index is 0.174. The Hall–Kier alpha value is -1.65. The van der Waals surface area contributed by atoms with Crippen molar-refractivity contribution in [1.82, 2.24) is 15.0 Å². The van der Waals surface area contributed by atoms with Gasteiger partial charge >= 0.3 is 0 Å². The molecule has 1 atom stereocenters. The van der Waals surface area contributed by atoms with Crippen LogP contribution in [-0.2, 0) is 19.9 Å². The third-order valence-corrected chi connectivity index (χ3v) is 3.59. The van der Waals surface area contributed by atoms with E-state index in [1.807, 2.05) is 19.4 Å². The summed E-state index contributed by atoms with van der Waals surface area (Å²) in [7, 11) is 2.02. The largest absolute Gasteiger partial charge is 0.338 e. The van der Waals surface area contributed by atoms with Gasteiger partial charge in [-0.25, -0.2) is 4.98 Å². The number of benzene rings is 1. The van der Waals surface area contributed by atoms with Crippen molar-refractivity contribution >= 4 is 0 Å². The number of imidazole rings is 1. The smallest absolute Gasteiger partial charge is 0.108 e. The van der Waals surface area contributed by atoms with Crippen molar-refractivity contribution in [2.75, 3.05) is 0 Å². The maximum atomic E-state index is 5.73. The molecule has 19 heavy (non-hydrogen) atoms. The first-order valence-electron chi connectivity index (χ1n) is 6.76. The summed E-state index contributed by atoms with van der Waals surface area (Å²) in [6.07, 6.45) is 6.69. The fraction of sp³-hybridized carbons (Fsp3) is 0.400. The van der Waals surface area contributed by atoms with Crippen molar-refractivity contribution in [2.45, 2.75) is 32.2 Å². The number of nitrogens with one attached hydrogen (secondary N) is 1. The molecule has 0 fully saturated rings. The number of hydrazine groups is 1. The number of hydrogen-bond acceptors (Lipinski definition) is 3. The van der Waals surface area contributed by atoms with Gasteiger partial charge in [-0.1, -0.05) is 31.2 Å². The van der Waals surface area contributed by atoms with Crippen molar-refractivity contribution in [1.29, 1.82) is 0 Å². The SMILES string of the molecule is CCc1ccccc1C(CCc1nccn1C)NN. The quantitative estimate of drug-likeness (QED) is 0.616. The van der Waals surface area contributed by atoms with Crippen molar-refractivity contribution < 1.29 is 0 Å². The van der Waals surface area contributed by atoms with Crippen LogP contribution in [0.4, 0.5) is 0 Å². The lowest BCUT2D eigenvalue weighted by Gasteiger charge is -2.19. The van der Waals surface area contributed by atoms with Crippen LogP contribution in [0.25, 0.3) is 0 Å². The van der Waals surface area contributed by atoms with Gasteiger partial charge in [-0.05, 0) is 24.0 Å². The van der Waals surface area contributed by atoms with Crippen LogP contribution in [0, 0.1) is 0 Å². The Labute approximate surface area is 114 Å². The van der Waals surface area contributed by atoms with Crippen LogP contribution in [-0.4, -0.2) is 9.55 Å². The highest BCUT2D eigenvalue weighted by molar-refractivity contribution is 5.30. The van der Waals surface area contributed by atoms with Crippen LogP contribution < -0.4 is 11.3 Å². The molecule has 2 rings (SSSR count). The molecule has 0 bridgehead atoms. The lowest BCUT2D eigenvalue weighted by Crippen LogP contribution is -2.29. The van der Waals surface area contributed by atoms with E-state index in [9.17, 15) is 0 Å². The summed E-state index contributed by atoms with van der Waals surface area (Å²) >= 11 is 0. The summed E-state index contributed by atoms with van der Waals surface area (Å²) in [5, 5.41) is 0. The maximum Gasteiger partial charge on any atom is 0.108 e. The number of nitrogens with two attached hydrogens (primary N) is 1. The molecular weight excluding hydrogens is 236 g/mol. The summed E-state index contributed by atoms with van der Waals surface area (Å²) in [6.45, 7) is 2.17. The van der Waals surface area contributed by atoms with Gasteiger partial charge in [0.15, 0.2) is 0 Å². The summed E-state index contributed by atoms with van der Waals surface area (Å²) in [5.74, 6) is 6.82. The van der Waals surface area contributed by atoms with Gasteiger partial charge in [0.05, 0.1) is 0 Å². The van der Waals surface area contributed by atoms with Gasteiger partial charge in [-0.15, -0.1) is 0 Å². The Bertz CT molecular complexity index is 518. The molecule has 0 aliphatic carbocycles. The molecular formula is C15H22N4. The molecule has 0 amide bonds. The summed E-state index contributed by atoms with van der Waals surface area (Å²) in [4.78, 5) is 4.35. The van der Waals surface area contributed by atoms with Crippen LogP contribution in [0.2, 0.25) is 0 Å². The summed E-state index contributed by atoms with van der Waals surface area (Å²) < 4.78 is 2.05. The second kappa shape index (κ2) is 6.50. The minimum Gasteiger partial charge on any atom is -0.338 e. The molecule has 102 valence electrons. The predicted octanol–water partition coefficient (Wildman–Crippen LogP) is 2.12. The molecule has 0 aliphatic rings. The Morgan fingerprint density at radius 2 is 2.16 bits per heavy atom. The Morgan fingerprint density at radius 1 is 1.37 bits per heavy atom. The molecule has 2 aromatic rings. The van der Waals surface area contributed by atoms with E-state index in [0.717, 1.165) is 25.1 Å². The molecule has 0 radical (unpaired) electrons.